The van der Waals surface area contributed by atoms with E-state index in [-0.39, 0.29) is 11.2 Å². The van der Waals surface area contributed by atoms with Crippen LogP contribution in [0.4, 0.5) is 0 Å². The molecule has 2 aromatic carbocycles. The van der Waals surface area contributed by atoms with Crippen molar-refractivity contribution in [2.24, 2.45) is 4.99 Å². The molecular formula is C18H13NO2S. The number of nitrogens with zero attached hydrogens (tertiary/aromatic N) is 1. The molecule has 2 aliphatic rings. The minimum absolute atomic E-state index is 0.0123. The Kier molecular flexibility index (Phi) is 3.12. The molecule has 22 heavy (non-hydrogen) atoms. The van der Waals surface area contributed by atoms with Gasteiger partial charge < -0.3 is 4.74 Å². The van der Waals surface area contributed by atoms with Crippen molar-refractivity contribution in [2.45, 2.75) is 12.4 Å². The van der Waals surface area contributed by atoms with Gasteiger partial charge in [0.1, 0.15) is 10.8 Å². The number of ether oxygens (including phenoxy) is 1. The molecule has 0 saturated carbocycles. The number of rotatable bonds is 1. The highest BCUT2D eigenvalue weighted by Gasteiger charge is 2.35. The van der Waals surface area contributed by atoms with Crippen LogP contribution in [0, 0.1) is 6.92 Å². The summed E-state index contributed by atoms with van der Waals surface area (Å²) in [6, 6.07) is 15.6. The lowest BCUT2D eigenvalue weighted by molar-refractivity contribution is 0.0991. The highest BCUT2D eigenvalue weighted by Crippen LogP contribution is 2.39. The number of carbonyl (C=O) groups excluding carboxylic acids is 1. The molecule has 0 radical (unpaired) electrons. The van der Waals surface area contributed by atoms with E-state index >= 15 is 0 Å². The molecule has 108 valence electrons. The third-order valence-electron chi connectivity index (χ3n) is 3.69. The van der Waals surface area contributed by atoms with Crippen LogP contribution in [0.3, 0.4) is 0 Å². The van der Waals surface area contributed by atoms with E-state index < -0.39 is 0 Å². The van der Waals surface area contributed by atoms with E-state index in [4.69, 9.17) is 4.74 Å². The van der Waals surface area contributed by atoms with E-state index in [1.165, 1.54) is 11.8 Å². The van der Waals surface area contributed by atoms with E-state index in [1.807, 2.05) is 55.5 Å². The molecule has 0 spiro atoms. The zero-order valence-electron chi connectivity index (χ0n) is 11.9. The summed E-state index contributed by atoms with van der Waals surface area (Å²) < 4.78 is 6.01. The number of hydrogen-bond acceptors (Lipinski definition) is 4. The van der Waals surface area contributed by atoms with Crippen molar-refractivity contribution in [3.8, 4) is 5.75 Å². The summed E-state index contributed by atoms with van der Waals surface area (Å²) in [7, 11) is 0. The lowest BCUT2D eigenvalue weighted by atomic mass is 9.99. The van der Waals surface area contributed by atoms with Crippen molar-refractivity contribution in [3.63, 3.8) is 0 Å². The predicted octanol–water partition coefficient (Wildman–Crippen LogP) is 3.97. The molecule has 0 aliphatic carbocycles. The standard InChI is InChI=1S/C18H13NO2S/c1-11-7-8-15-13(9-11)16(20)14-10-19-17(22-18(14)21-15)12-5-3-2-4-6-12/h2-10,18H,1H3. The van der Waals surface area contributed by atoms with Gasteiger partial charge in [0.2, 0.25) is 0 Å². The van der Waals surface area contributed by atoms with Crippen LogP contribution in [-0.4, -0.2) is 16.3 Å². The van der Waals surface area contributed by atoms with Gasteiger partial charge in [-0.2, -0.15) is 0 Å². The highest BCUT2D eigenvalue weighted by atomic mass is 32.2. The molecule has 2 aromatic rings. The normalized spacial score (nSPS) is 19.5. The van der Waals surface area contributed by atoms with Gasteiger partial charge in [-0.05, 0) is 19.1 Å². The summed E-state index contributed by atoms with van der Waals surface area (Å²) in [5, 5.41) is 0.873. The number of fused-ring (bicyclic) bond motifs is 2. The molecule has 0 N–H and O–H groups in total. The summed E-state index contributed by atoms with van der Waals surface area (Å²) in [6.45, 7) is 1.97. The first kappa shape index (κ1) is 13.3. The van der Waals surface area contributed by atoms with Crippen molar-refractivity contribution in [1.82, 2.24) is 0 Å². The topological polar surface area (TPSA) is 38.7 Å². The SMILES string of the molecule is Cc1ccc2c(c1)C(=O)C1=CN=C(c3ccccc3)SC1O2. The number of aryl methyl sites for hydroxylation is 1. The number of thioether (sulfide) groups is 1. The first-order valence-corrected chi connectivity index (χ1v) is 7.92. The second-order valence-corrected chi connectivity index (χ2v) is 6.33. The fourth-order valence-corrected chi connectivity index (χ4v) is 3.59. The van der Waals surface area contributed by atoms with E-state index in [0.717, 1.165) is 16.2 Å². The Morgan fingerprint density at radius 3 is 2.77 bits per heavy atom. The van der Waals surface area contributed by atoms with Crippen molar-refractivity contribution in [3.05, 3.63) is 77.0 Å². The van der Waals surface area contributed by atoms with Gasteiger partial charge in [-0.1, -0.05) is 53.7 Å². The van der Waals surface area contributed by atoms with Crippen LogP contribution < -0.4 is 4.74 Å². The Labute approximate surface area is 132 Å². The number of Topliss-reactive ketones (excluding diaryl/α,β-unsaturated/α-hetero) is 1. The molecule has 0 bridgehead atoms. The van der Waals surface area contributed by atoms with Crippen LogP contribution in [0.5, 0.6) is 5.75 Å². The van der Waals surface area contributed by atoms with Crippen LogP contribution in [0.25, 0.3) is 0 Å². The van der Waals surface area contributed by atoms with Crippen LogP contribution in [0.1, 0.15) is 21.5 Å². The van der Waals surface area contributed by atoms with Crippen LogP contribution in [-0.2, 0) is 0 Å². The van der Waals surface area contributed by atoms with Crippen LogP contribution >= 0.6 is 11.8 Å². The number of ketones is 1. The average molecular weight is 307 g/mol. The number of hydrogen-bond donors (Lipinski definition) is 0. The Morgan fingerprint density at radius 1 is 1.14 bits per heavy atom. The van der Waals surface area contributed by atoms with Crippen LogP contribution in [0.2, 0.25) is 0 Å². The van der Waals surface area contributed by atoms with E-state index in [1.54, 1.807) is 6.20 Å². The third kappa shape index (κ3) is 2.16. The van der Waals surface area contributed by atoms with E-state index in [2.05, 4.69) is 4.99 Å². The van der Waals surface area contributed by atoms with Crippen LogP contribution in [0.15, 0.2) is 65.3 Å². The Hall–Kier alpha value is -2.33. The van der Waals surface area contributed by atoms with Gasteiger partial charge in [0, 0.05) is 11.8 Å². The number of aliphatic imine (C=N–C) groups is 1. The Bertz CT molecular complexity index is 824. The summed E-state index contributed by atoms with van der Waals surface area (Å²) >= 11 is 1.48. The van der Waals surface area contributed by atoms with E-state index in [0.29, 0.717) is 16.9 Å². The minimum atomic E-state index is -0.324. The summed E-state index contributed by atoms with van der Waals surface area (Å²) in [5.41, 5.74) is 3.00. The average Bonchev–Trinajstić information content (AvgIpc) is 2.56. The largest absolute Gasteiger partial charge is 0.474 e. The maximum absolute atomic E-state index is 12.6. The molecule has 1 unspecified atom stereocenters. The molecule has 3 nitrogen and oxygen atoms in total. The summed E-state index contributed by atoms with van der Waals surface area (Å²) in [4.78, 5) is 17.1. The number of benzene rings is 2. The monoisotopic (exact) mass is 307 g/mol. The number of carbonyl (C=O) groups is 1. The molecule has 4 rings (SSSR count). The molecule has 0 aromatic heterocycles. The molecule has 0 amide bonds. The summed E-state index contributed by atoms with van der Waals surface area (Å²) in [5.74, 6) is 0.665. The second-order valence-electron chi connectivity index (χ2n) is 5.28. The molecule has 2 aliphatic heterocycles. The van der Waals surface area contributed by atoms with Gasteiger partial charge in [0.25, 0.3) is 0 Å². The van der Waals surface area contributed by atoms with Gasteiger partial charge in [-0.3, -0.25) is 4.79 Å². The second kappa shape index (κ2) is 5.14. The van der Waals surface area contributed by atoms with Crippen molar-refractivity contribution in [1.29, 1.82) is 0 Å². The maximum Gasteiger partial charge on any atom is 0.198 e. The maximum atomic E-state index is 12.6. The van der Waals surface area contributed by atoms with Gasteiger partial charge in [0.15, 0.2) is 11.2 Å². The molecule has 0 fully saturated rings. The quantitative estimate of drug-likeness (QED) is 0.800. The Morgan fingerprint density at radius 2 is 1.95 bits per heavy atom. The van der Waals surface area contributed by atoms with E-state index in [9.17, 15) is 4.79 Å². The van der Waals surface area contributed by atoms with Gasteiger partial charge in [-0.25, -0.2) is 4.99 Å². The van der Waals surface area contributed by atoms with Gasteiger partial charge >= 0.3 is 0 Å². The zero-order chi connectivity index (χ0) is 15.1. The molecular weight excluding hydrogens is 294 g/mol. The van der Waals surface area contributed by atoms with Crippen molar-refractivity contribution < 1.29 is 9.53 Å². The van der Waals surface area contributed by atoms with Crippen molar-refractivity contribution in [2.75, 3.05) is 0 Å². The zero-order valence-corrected chi connectivity index (χ0v) is 12.8. The molecule has 0 saturated heterocycles. The smallest absolute Gasteiger partial charge is 0.198 e. The lowest BCUT2D eigenvalue weighted by Gasteiger charge is -2.29. The third-order valence-corrected chi connectivity index (χ3v) is 4.82. The highest BCUT2D eigenvalue weighted by molar-refractivity contribution is 8.15. The first-order valence-electron chi connectivity index (χ1n) is 7.04. The van der Waals surface area contributed by atoms with Crippen molar-refractivity contribution >= 4 is 22.6 Å². The fraction of sp³-hybridized carbons (Fsp3) is 0.111. The predicted molar refractivity (Wildman–Crippen MR) is 88.6 cm³/mol. The Balaban J connectivity index is 1.74. The molecule has 2 heterocycles. The summed E-state index contributed by atoms with van der Waals surface area (Å²) in [6.07, 6.45) is 1.65. The molecule has 4 heteroatoms. The minimum Gasteiger partial charge on any atom is -0.474 e. The lowest BCUT2D eigenvalue weighted by Crippen LogP contribution is -2.30. The first-order chi connectivity index (χ1) is 10.7. The fourth-order valence-electron chi connectivity index (χ4n) is 2.56. The van der Waals surface area contributed by atoms with Gasteiger partial charge in [-0.15, -0.1) is 0 Å². The molecule has 1 atom stereocenters. The van der Waals surface area contributed by atoms with Gasteiger partial charge in [0.05, 0.1) is 11.1 Å².